The molecule has 0 aliphatic carbocycles. The van der Waals surface area contributed by atoms with Gasteiger partial charge in [-0.25, -0.2) is 8.42 Å². The first kappa shape index (κ1) is 35.2. The van der Waals surface area contributed by atoms with Crippen LogP contribution in [0.4, 0.5) is 5.69 Å². The molecule has 0 saturated heterocycles. The molecule has 0 heterocycles. The van der Waals surface area contributed by atoms with E-state index >= 15 is 0 Å². The molecule has 0 unspecified atom stereocenters. The van der Waals surface area contributed by atoms with Gasteiger partial charge in [-0.1, -0.05) is 43.7 Å². The zero-order valence-electron chi connectivity index (χ0n) is 27.2. The maximum absolute atomic E-state index is 14.3. The van der Waals surface area contributed by atoms with Crippen LogP contribution in [0.1, 0.15) is 51.7 Å². The number of nitrogens with zero attached hydrogens (tertiary/aromatic N) is 2. The smallest absolute Gasteiger partial charge is 0.264 e. The Bertz CT molecular complexity index is 1530. The van der Waals surface area contributed by atoms with Gasteiger partial charge in [-0.3, -0.25) is 13.9 Å². The van der Waals surface area contributed by atoms with Crippen LogP contribution in [0.2, 0.25) is 0 Å². The molecule has 244 valence electrons. The summed E-state index contributed by atoms with van der Waals surface area (Å²) in [5, 5.41) is 2.99. The molecule has 11 heteroatoms. The average Bonchev–Trinajstić information content (AvgIpc) is 3.04. The summed E-state index contributed by atoms with van der Waals surface area (Å²) in [6.07, 6.45) is 1.06. The molecule has 3 aromatic rings. The van der Waals surface area contributed by atoms with Crippen molar-refractivity contribution in [3.8, 4) is 17.2 Å². The summed E-state index contributed by atoms with van der Waals surface area (Å²) in [7, 11) is -1.43. The number of methoxy groups -OCH3 is 2. The first-order valence-electron chi connectivity index (χ1n) is 15.1. The number of anilines is 1. The van der Waals surface area contributed by atoms with Gasteiger partial charge in [0.25, 0.3) is 10.0 Å². The van der Waals surface area contributed by atoms with Crippen LogP contribution in [0.3, 0.4) is 0 Å². The summed E-state index contributed by atoms with van der Waals surface area (Å²) in [4.78, 5) is 29.1. The molecule has 2 atom stereocenters. The summed E-state index contributed by atoms with van der Waals surface area (Å²) >= 11 is 0. The van der Waals surface area contributed by atoms with Crippen molar-refractivity contribution in [1.29, 1.82) is 0 Å². The predicted molar refractivity (Wildman–Crippen MR) is 175 cm³/mol. The number of nitrogens with one attached hydrogen (secondary N) is 1. The van der Waals surface area contributed by atoms with E-state index in [0.29, 0.717) is 24.5 Å². The van der Waals surface area contributed by atoms with E-state index in [4.69, 9.17) is 14.2 Å². The molecule has 0 aliphatic heterocycles. The Morgan fingerprint density at radius 2 is 1.51 bits per heavy atom. The van der Waals surface area contributed by atoms with Crippen LogP contribution in [-0.4, -0.2) is 64.6 Å². The molecule has 0 fully saturated rings. The second-order valence-corrected chi connectivity index (χ2v) is 12.6. The number of carbonyl (C=O) groups excluding carboxylic acids is 2. The Morgan fingerprint density at radius 3 is 2.07 bits per heavy atom. The van der Waals surface area contributed by atoms with Gasteiger partial charge < -0.3 is 24.4 Å². The first-order valence-corrected chi connectivity index (χ1v) is 16.6. The zero-order valence-corrected chi connectivity index (χ0v) is 28.0. The van der Waals surface area contributed by atoms with Crippen LogP contribution in [0.15, 0.2) is 71.6 Å². The number of amides is 2. The molecule has 45 heavy (non-hydrogen) atoms. The fraction of sp³-hybridized carbons (Fsp3) is 0.412. The van der Waals surface area contributed by atoms with Gasteiger partial charge >= 0.3 is 0 Å². The van der Waals surface area contributed by atoms with Crippen molar-refractivity contribution < 1.29 is 32.2 Å². The lowest BCUT2D eigenvalue weighted by Gasteiger charge is -2.33. The molecular weight excluding hydrogens is 594 g/mol. The molecule has 1 N–H and O–H groups in total. The standard InChI is InChI=1S/C34H45N3O7S/c1-8-25(5)35-34(39)30(9-2)36(22-26-13-11-24(4)12-14-26)33(38)23-37(27-15-17-28(18-16-27)44-10-3)45(40,41)29-19-20-31(42-6)32(21-29)43-7/h11-21,25,30H,8-10,22-23H2,1-7H3,(H,35,39)/t25-,30+/m0/s1. The maximum Gasteiger partial charge on any atom is 0.264 e. The van der Waals surface area contributed by atoms with Crippen LogP contribution < -0.4 is 23.8 Å². The minimum absolute atomic E-state index is 0.0892. The number of rotatable bonds is 16. The molecule has 3 aromatic carbocycles. The topological polar surface area (TPSA) is 114 Å². The molecular formula is C34H45N3O7S. The predicted octanol–water partition coefficient (Wildman–Crippen LogP) is 5.33. The molecule has 0 spiro atoms. The van der Waals surface area contributed by atoms with Gasteiger partial charge in [0, 0.05) is 18.7 Å². The number of hydrogen-bond donors (Lipinski definition) is 1. The number of aryl methyl sites for hydroxylation is 1. The van der Waals surface area contributed by atoms with Gasteiger partial charge in [0.05, 0.1) is 31.4 Å². The van der Waals surface area contributed by atoms with E-state index in [1.54, 1.807) is 24.3 Å². The van der Waals surface area contributed by atoms with Crippen molar-refractivity contribution in [1.82, 2.24) is 10.2 Å². The van der Waals surface area contributed by atoms with Gasteiger partial charge in [0.15, 0.2) is 11.5 Å². The largest absolute Gasteiger partial charge is 0.494 e. The lowest BCUT2D eigenvalue weighted by atomic mass is 10.1. The van der Waals surface area contributed by atoms with Gasteiger partial charge in [0.1, 0.15) is 18.3 Å². The van der Waals surface area contributed by atoms with Crippen LogP contribution in [0.25, 0.3) is 0 Å². The third-order valence-corrected chi connectivity index (χ3v) is 9.29. The minimum Gasteiger partial charge on any atom is -0.494 e. The van der Waals surface area contributed by atoms with Gasteiger partial charge in [-0.05, 0) is 75.6 Å². The highest BCUT2D eigenvalue weighted by Crippen LogP contribution is 2.33. The summed E-state index contributed by atoms with van der Waals surface area (Å²) in [5.74, 6) is 0.333. The van der Waals surface area contributed by atoms with Crippen LogP contribution in [0.5, 0.6) is 17.2 Å². The van der Waals surface area contributed by atoms with E-state index in [2.05, 4.69) is 5.32 Å². The fourth-order valence-corrected chi connectivity index (χ4v) is 6.19. The van der Waals surface area contributed by atoms with E-state index < -0.39 is 28.5 Å². The van der Waals surface area contributed by atoms with E-state index in [-0.39, 0.29) is 34.8 Å². The van der Waals surface area contributed by atoms with Gasteiger partial charge in [-0.15, -0.1) is 0 Å². The van der Waals surface area contributed by atoms with Crippen LogP contribution in [-0.2, 0) is 26.2 Å². The first-order chi connectivity index (χ1) is 21.5. The fourth-order valence-electron chi connectivity index (χ4n) is 4.76. The number of benzene rings is 3. The molecule has 0 aromatic heterocycles. The second-order valence-electron chi connectivity index (χ2n) is 10.7. The summed E-state index contributed by atoms with van der Waals surface area (Å²) in [6, 6.07) is 17.5. The normalized spacial score (nSPS) is 12.5. The highest BCUT2D eigenvalue weighted by atomic mass is 32.2. The molecule has 0 bridgehead atoms. The molecule has 0 radical (unpaired) electrons. The van der Waals surface area contributed by atoms with Crippen molar-refractivity contribution in [2.24, 2.45) is 0 Å². The number of ether oxygens (including phenoxy) is 3. The molecule has 3 rings (SSSR count). The monoisotopic (exact) mass is 639 g/mol. The Balaban J connectivity index is 2.11. The molecule has 2 amide bonds. The Labute approximate surface area is 267 Å². The van der Waals surface area contributed by atoms with Crippen LogP contribution in [0, 0.1) is 6.92 Å². The Morgan fingerprint density at radius 1 is 0.867 bits per heavy atom. The SMILES string of the molecule is CCOc1ccc(N(CC(=O)N(Cc2ccc(C)cc2)[C@H](CC)C(=O)N[C@@H](C)CC)S(=O)(=O)c2ccc(OC)c(OC)c2)cc1. The molecule has 0 aliphatic rings. The Kier molecular flexibility index (Phi) is 12.7. The summed E-state index contributed by atoms with van der Waals surface area (Å²) in [5.41, 5.74) is 2.13. The van der Waals surface area contributed by atoms with Crippen molar-refractivity contribution in [3.63, 3.8) is 0 Å². The lowest BCUT2D eigenvalue weighted by molar-refractivity contribution is -0.140. The number of carbonyl (C=O) groups is 2. The van der Waals surface area contributed by atoms with Crippen molar-refractivity contribution in [2.75, 3.05) is 31.7 Å². The maximum atomic E-state index is 14.3. The minimum atomic E-state index is -4.31. The molecule has 0 saturated carbocycles. The third-order valence-electron chi connectivity index (χ3n) is 7.52. The van der Waals surface area contributed by atoms with Crippen molar-refractivity contribution in [2.45, 2.75) is 71.0 Å². The zero-order chi connectivity index (χ0) is 33.1. The quantitative estimate of drug-likeness (QED) is 0.225. The number of sulfonamides is 1. The van der Waals surface area contributed by atoms with E-state index in [9.17, 15) is 18.0 Å². The second kappa shape index (κ2) is 16.2. The highest BCUT2D eigenvalue weighted by molar-refractivity contribution is 7.92. The van der Waals surface area contributed by atoms with E-state index in [0.717, 1.165) is 21.9 Å². The third kappa shape index (κ3) is 8.91. The Hall–Kier alpha value is -4.25. The summed E-state index contributed by atoms with van der Waals surface area (Å²) in [6.45, 7) is 9.54. The van der Waals surface area contributed by atoms with Gasteiger partial charge in [-0.2, -0.15) is 0 Å². The molecule has 10 nitrogen and oxygen atoms in total. The van der Waals surface area contributed by atoms with Gasteiger partial charge in [0.2, 0.25) is 11.8 Å². The van der Waals surface area contributed by atoms with Crippen molar-refractivity contribution >= 4 is 27.5 Å². The van der Waals surface area contributed by atoms with E-state index in [1.807, 2.05) is 58.9 Å². The van der Waals surface area contributed by atoms with Crippen molar-refractivity contribution in [3.05, 3.63) is 77.9 Å². The van der Waals surface area contributed by atoms with E-state index in [1.165, 1.54) is 37.3 Å². The summed E-state index contributed by atoms with van der Waals surface area (Å²) < 4.78 is 45.8. The highest BCUT2D eigenvalue weighted by Gasteiger charge is 2.34. The average molecular weight is 640 g/mol. The number of hydrogen-bond acceptors (Lipinski definition) is 7. The van der Waals surface area contributed by atoms with Crippen LogP contribution >= 0.6 is 0 Å². The lowest BCUT2D eigenvalue weighted by Crippen LogP contribution is -2.53.